The Morgan fingerprint density at radius 1 is 1.06 bits per heavy atom. The highest BCUT2D eigenvalue weighted by molar-refractivity contribution is 7.92. The van der Waals surface area contributed by atoms with Gasteiger partial charge in [0.2, 0.25) is 11.8 Å². The van der Waals surface area contributed by atoms with Gasteiger partial charge in [-0.1, -0.05) is 6.07 Å². The Morgan fingerprint density at radius 3 is 2.42 bits per heavy atom. The summed E-state index contributed by atoms with van der Waals surface area (Å²) in [6, 6.07) is 17.8. The summed E-state index contributed by atoms with van der Waals surface area (Å²) in [4.78, 5) is 30.7. The van der Waals surface area contributed by atoms with Crippen molar-refractivity contribution in [2.45, 2.75) is 11.3 Å². The summed E-state index contributed by atoms with van der Waals surface area (Å²) >= 11 is 0. The molecule has 1 atom stereocenters. The molecule has 1 aliphatic rings. The molecule has 2 amide bonds. The van der Waals surface area contributed by atoms with Gasteiger partial charge in [0.25, 0.3) is 10.0 Å². The summed E-state index contributed by atoms with van der Waals surface area (Å²) < 4.78 is 32.5. The van der Waals surface area contributed by atoms with Gasteiger partial charge in [-0.2, -0.15) is 0 Å². The summed E-state index contributed by atoms with van der Waals surface area (Å²) in [5, 5.41) is 2.76. The van der Waals surface area contributed by atoms with Crippen LogP contribution in [0, 0.1) is 5.92 Å². The van der Waals surface area contributed by atoms with Gasteiger partial charge in [0, 0.05) is 30.5 Å². The standard InChI is InChI=1S/C23H22N4O5S/c1-32-19-9-7-18(8-10-19)27-15-16(14-22(27)28)23(29)25-17-5-11-20(12-6-17)33(30,31)26-21-4-2-3-13-24-21/h2-13,16H,14-15H2,1H3,(H,24,26)(H,25,29). The Labute approximate surface area is 191 Å². The van der Waals surface area contributed by atoms with Crippen LogP contribution in [-0.2, 0) is 19.6 Å². The van der Waals surface area contributed by atoms with Crippen molar-refractivity contribution >= 4 is 39.0 Å². The van der Waals surface area contributed by atoms with E-state index >= 15 is 0 Å². The smallest absolute Gasteiger partial charge is 0.263 e. The molecule has 10 heteroatoms. The van der Waals surface area contributed by atoms with E-state index in [0.29, 0.717) is 17.1 Å². The minimum atomic E-state index is -3.81. The molecule has 1 unspecified atom stereocenters. The number of methoxy groups -OCH3 is 1. The molecule has 1 aliphatic heterocycles. The molecule has 1 aromatic heterocycles. The van der Waals surface area contributed by atoms with Crippen LogP contribution in [0.4, 0.5) is 17.2 Å². The van der Waals surface area contributed by atoms with Crippen LogP contribution in [0.25, 0.3) is 0 Å². The van der Waals surface area contributed by atoms with Crippen LogP contribution in [0.15, 0.2) is 77.8 Å². The highest BCUT2D eigenvalue weighted by Gasteiger charge is 2.35. The summed E-state index contributed by atoms with van der Waals surface area (Å²) in [5.41, 5.74) is 1.14. The Bertz CT molecular complexity index is 1250. The van der Waals surface area contributed by atoms with E-state index in [9.17, 15) is 18.0 Å². The minimum Gasteiger partial charge on any atom is -0.497 e. The van der Waals surface area contributed by atoms with Crippen LogP contribution in [-0.4, -0.2) is 38.9 Å². The number of sulfonamides is 1. The zero-order valence-electron chi connectivity index (χ0n) is 17.8. The molecule has 1 saturated heterocycles. The number of nitrogens with one attached hydrogen (secondary N) is 2. The van der Waals surface area contributed by atoms with Crippen molar-refractivity contribution in [2.75, 3.05) is 28.6 Å². The number of hydrogen-bond acceptors (Lipinski definition) is 6. The normalized spacial score (nSPS) is 15.8. The number of benzene rings is 2. The van der Waals surface area contributed by atoms with Crippen molar-refractivity contribution in [1.29, 1.82) is 0 Å². The number of nitrogens with zero attached hydrogens (tertiary/aromatic N) is 2. The molecule has 0 radical (unpaired) electrons. The molecule has 0 aliphatic carbocycles. The van der Waals surface area contributed by atoms with E-state index in [4.69, 9.17) is 4.74 Å². The average Bonchev–Trinajstić information content (AvgIpc) is 3.21. The number of aromatic nitrogens is 1. The number of amides is 2. The summed E-state index contributed by atoms with van der Waals surface area (Å²) in [6.07, 6.45) is 1.58. The Hall–Kier alpha value is -3.92. The molecule has 0 saturated carbocycles. The van der Waals surface area contributed by atoms with Gasteiger partial charge in [0.15, 0.2) is 0 Å². The number of anilines is 3. The fraction of sp³-hybridized carbons (Fsp3) is 0.174. The topological polar surface area (TPSA) is 118 Å². The molecule has 2 aromatic carbocycles. The summed E-state index contributed by atoms with van der Waals surface area (Å²) in [5.74, 6) is -0.0691. The number of carbonyl (C=O) groups excluding carboxylic acids is 2. The molecule has 1 fully saturated rings. The van der Waals surface area contributed by atoms with Crippen LogP contribution in [0.1, 0.15) is 6.42 Å². The van der Waals surface area contributed by atoms with E-state index in [1.54, 1.807) is 54.5 Å². The maximum Gasteiger partial charge on any atom is 0.263 e. The van der Waals surface area contributed by atoms with Gasteiger partial charge in [0.05, 0.1) is 17.9 Å². The molecule has 2 N–H and O–H groups in total. The van der Waals surface area contributed by atoms with Crippen LogP contribution < -0.4 is 19.7 Å². The van der Waals surface area contributed by atoms with Gasteiger partial charge >= 0.3 is 0 Å². The lowest BCUT2D eigenvalue weighted by Gasteiger charge is -2.17. The lowest BCUT2D eigenvalue weighted by Crippen LogP contribution is -2.28. The third-order valence-corrected chi connectivity index (χ3v) is 6.59. The van der Waals surface area contributed by atoms with Crippen LogP contribution >= 0.6 is 0 Å². The zero-order valence-corrected chi connectivity index (χ0v) is 18.6. The van der Waals surface area contributed by atoms with Gasteiger partial charge in [-0.05, 0) is 60.7 Å². The van der Waals surface area contributed by atoms with Crippen molar-refractivity contribution < 1.29 is 22.7 Å². The van der Waals surface area contributed by atoms with Crippen molar-refractivity contribution in [2.24, 2.45) is 5.92 Å². The number of pyridine rings is 1. The van der Waals surface area contributed by atoms with Gasteiger partial charge in [-0.15, -0.1) is 0 Å². The van der Waals surface area contributed by atoms with Crippen LogP contribution in [0.3, 0.4) is 0 Å². The number of rotatable bonds is 7. The molecule has 0 spiro atoms. The third kappa shape index (κ3) is 5.12. The second-order valence-corrected chi connectivity index (χ2v) is 9.12. The highest BCUT2D eigenvalue weighted by Crippen LogP contribution is 2.28. The summed E-state index contributed by atoms with van der Waals surface area (Å²) in [7, 11) is -2.25. The predicted molar refractivity (Wildman–Crippen MR) is 124 cm³/mol. The summed E-state index contributed by atoms with van der Waals surface area (Å²) in [6.45, 7) is 0.261. The molecule has 33 heavy (non-hydrogen) atoms. The van der Waals surface area contributed by atoms with Crippen molar-refractivity contribution in [3.63, 3.8) is 0 Å². The minimum absolute atomic E-state index is 0.0351. The quantitative estimate of drug-likeness (QED) is 0.553. The van der Waals surface area contributed by atoms with E-state index in [0.717, 1.165) is 0 Å². The molecule has 2 heterocycles. The lowest BCUT2D eigenvalue weighted by atomic mass is 10.1. The SMILES string of the molecule is COc1ccc(N2CC(C(=O)Nc3ccc(S(=O)(=O)Nc4ccccn4)cc3)CC2=O)cc1. The molecule has 4 rings (SSSR count). The fourth-order valence-electron chi connectivity index (χ4n) is 3.48. The molecular formula is C23H22N4O5S. The van der Waals surface area contributed by atoms with E-state index in [2.05, 4.69) is 15.0 Å². The van der Waals surface area contributed by atoms with Gasteiger partial charge < -0.3 is 15.0 Å². The first-order valence-corrected chi connectivity index (χ1v) is 11.6. The van der Waals surface area contributed by atoms with Crippen molar-refractivity contribution in [3.8, 4) is 5.75 Å². The van der Waals surface area contributed by atoms with Gasteiger partial charge in [-0.25, -0.2) is 13.4 Å². The molecule has 170 valence electrons. The van der Waals surface area contributed by atoms with E-state index < -0.39 is 15.9 Å². The van der Waals surface area contributed by atoms with Crippen LogP contribution in [0.5, 0.6) is 5.75 Å². The first-order chi connectivity index (χ1) is 15.9. The Kier molecular flexibility index (Phi) is 6.27. The monoisotopic (exact) mass is 466 g/mol. The first-order valence-electron chi connectivity index (χ1n) is 10.1. The second kappa shape index (κ2) is 9.29. The predicted octanol–water partition coefficient (Wildman–Crippen LogP) is 2.88. The van der Waals surface area contributed by atoms with Gasteiger partial charge in [0.1, 0.15) is 11.6 Å². The Morgan fingerprint density at radius 2 is 1.79 bits per heavy atom. The average molecular weight is 467 g/mol. The molecule has 3 aromatic rings. The fourth-order valence-corrected chi connectivity index (χ4v) is 4.48. The van der Waals surface area contributed by atoms with E-state index in [1.807, 2.05) is 0 Å². The third-order valence-electron chi connectivity index (χ3n) is 5.22. The van der Waals surface area contributed by atoms with E-state index in [1.165, 1.54) is 30.5 Å². The van der Waals surface area contributed by atoms with Crippen LogP contribution in [0.2, 0.25) is 0 Å². The largest absolute Gasteiger partial charge is 0.497 e. The molecule has 9 nitrogen and oxygen atoms in total. The number of carbonyl (C=O) groups is 2. The lowest BCUT2D eigenvalue weighted by molar-refractivity contribution is -0.122. The maximum absolute atomic E-state index is 12.7. The first kappa shape index (κ1) is 22.3. The van der Waals surface area contributed by atoms with Gasteiger partial charge in [-0.3, -0.25) is 14.3 Å². The second-order valence-electron chi connectivity index (χ2n) is 7.44. The Balaban J connectivity index is 1.39. The molecular weight excluding hydrogens is 444 g/mol. The van der Waals surface area contributed by atoms with E-state index in [-0.39, 0.29) is 35.5 Å². The van der Waals surface area contributed by atoms with Crippen molar-refractivity contribution in [1.82, 2.24) is 4.98 Å². The zero-order chi connectivity index (χ0) is 23.4. The molecule has 0 bridgehead atoms. The number of hydrogen-bond donors (Lipinski definition) is 2. The highest BCUT2D eigenvalue weighted by atomic mass is 32.2. The maximum atomic E-state index is 12.7. The van der Waals surface area contributed by atoms with Crippen molar-refractivity contribution in [3.05, 3.63) is 72.9 Å². The number of ether oxygens (including phenoxy) is 1.